The summed E-state index contributed by atoms with van der Waals surface area (Å²) in [5.74, 6) is -0.482. The average Bonchev–Trinajstić information content (AvgIpc) is 2.47. The van der Waals surface area contributed by atoms with Gasteiger partial charge in [-0.2, -0.15) is 0 Å². The molecule has 0 aliphatic rings. The zero-order valence-corrected chi connectivity index (χ0v) is 16.4. The van der Waals surface area contributed by atoms with E-state index in [9.17, 15) is 13.2 Å². The van der Waals surface area contributed by atoms with Gasteiger partial charge < -0.3 is 5.32 Å². The fraction of sp³-hybridized carbons (Fsp3) is 0.133. The summed E-state index contributed by atoms with van der Waals surface area (Å²) >= 11 is 15.1. The Morgan fingerprint density at radius 3 is 2.46 bits per heavy atom. The van der Waals surface area contributed by atoms with Crippen LogP contribution in [0.15, 0.2) is 46.9 Å². The summed E-state index contributed by atoms with van der Waals surface area (Å²) in [7, 11) is -3.68. The van der Waals surface area contributed by atoms with E-state index in [4.69, 9.17) is 23.2 Å². The molecular formula is C15H13BrCl2N2O3S. The van der Waals surface area contributed by atoms with Gasteiger partial charge in [0.25, 0.3) is 0 Å². The van der Waals surface area contributed by atoms with Gasteiger partial charge in [0.05, 0.1) is 22.0 Å². The monoisotopic (exact) mass is 450 g/mol. The SMILES string of the molecule is CS(=O)(=O)N(CC(=O)Nc1cccc(Br)c1)c1ccc(Cl)c(Cl)c1. The Labute approximate surface area is 158 Å². The highest BCUT2D eigenvalue weighted by Crippen LogP contribution is 2.28. The number of anilines is 2. The number of sulfonamides is 1. The summed E-state index contributed by atoms with van der Waals surface area (Å²) < 4.78 is 25.8. The Balaban J connectivity index is 2.23. The zero-order valence-electron chi connectivity index (χ0n) is 12.5. The van der Waals surface area contributed by atoms with E-state index in [0.29, 0.717) is 10.7 Å². The molecule has 0 unspecified atom stereocenters. The van der Waals surface area contributed by atoms with Crippen LogP contribution in [0, 0.1) is 0 Å². The van der Waals surface area contributed by atoms with Gasteiger partial charge in [-0.1, -0.05) is 45.2 Å². The Hall–Kier alpha value is -1.28. The number of halogens is 3. The summed E-state index contributed by atoms with van der Waals surface area (Å²) in [6.07, 6.45) is 1.02. The molecule has 0 saturated heterocycles. The van der Waals surface area contributed by atoms with Crippen molar-refractivity contribution in [3.8, 4) is 0 Å². The van der Waals surface area contributed by atoms with E-state index >= 15 is 0 Å². The molecule has 0 aliphatic heterocycles. The van der Waals surface area contributed by atoms with Crippen molar-refractivity contribution in [3.63, 3.8) is 0 Å². The van der Waals surface area contributed by atoms with E-state index in [0.717, 1.165) is 15.0 Å². The minimum absolute atomic E-state index is 0.204. The quantitative estimate of drug-likeness (QED) is 0.741. The van der Waals surface area contributed by atoms with Gasteiger partial charge in [0, 0.05) is 10.2 Å². The molecule has 0 aromatic heterocycles. The van der Waals surface area contributed by atoms with Crippen LogP contribution in [0.1, 0.15) is 0 Å². The molecular weight excluding hydrogens is 439 g/mol. The molecule has 0 spiro atoms. The van der Waals surface area contributed by atoms with Gasteiger partial charge in [-0.25, -0.2) is 8.42 Å². The predicted octanol–water partition coefficient (Wildman–Crippen LogP) is 4.16. The van der Waals surface area contributed by atoms with Crippen molar-refractivity contribution in [2.24, 2.45) is 0 Å². The summed E-state index contributed by atoms with van der Waals surface area (Å²) in [5, 5.41) is 3.15. The second-order valence-electron chi connectivity index (χ2n) is 4.93. The summed E-state index contributed by atoms with van der Waals surface area (Å²) in [6, 6.07) is 11.3. The molecule has 0 aliphatic carbocycles. The topological polar surface area (TPSA) is 66.5 Å². The minimum atomic E-state index is -3.68. The maximum atomic E-state index is 12.2. The van der Waals surface area contributed by atoms with Gasteiger partial charge >= 0.3 is 0 Å². The first-order valence-electron chi connectivity index (χ1n) is 6.65. The molecule has 2 aromatic rings. The third-order valence-electron chi connectivity index (χ3n) is 2.99. The molecule has 0 saturated carbocycles. The number of benzene rings is 2. The van der Waals surface area contributed by atoms with Crippen LogP contribution in [-0.4, -0.2) is 27.1 Å². The van der Waals surface area contributed by atoms with E-state index in [2.05, 4.69) is 21.2 Å². The van der Waals surface area contributed by atoms with E-state index in [1.165, 1.54) is 18.2 Å². The van der Waals surface area contributed by atoms with Gasteiger partial charge in [0.15, 0.2) is 0 Å². The van der Waals surface area contributed by atoms with Crippen molar-refractivity contribution in [1.29, 1.82) is 0 Å². The molecule has 2 aromatic carbocycles. The van der Waals surface area contributed by atoms with Crippen molar-refractivity contribution >= 4 is 66.4 Å². The van der Waals surface area contributed by atoms with Crippen LogP contribution in [0.5, 0.6) is 0 Å². The van der Waals surface area contributed by atoms with Crippen LogP contribution < -0.4 is 9.62 Å². The largest absolute Gasteiger partial charge is 0.324 e. The second-order valence-corrected chi connectivity index (χ2v) is 8.56. The molecule has 0 atom stereocenters. The Bertz CT molecular complexity index is 875. The van der Waals surface area contributed by atoms with Crippen molar-refractivity contribution < 1.29 is 13.2 Å². The van der Waals surface area contributed by atoms with E-state index in [1.807, 2.05) is 6.07 Å². The third kappa shape index (κ3) is 5.11. The minimum Gasteiger partial charge on any atom is -0.324 e. The Morgan fingerprint density at radius 2 is 1.88 bits per heavy atom. The average molecular weight is 452 g/mol. The molecule has 0 fully saturated rings. The van der Waals surface area contributed by atoms with Gasteiger partial charge in [-0.15, -0.1) is 0 Å². The first kappa shape index (κ1) is 19.1. The van der Waals surface area contributed by atoms with Crippen LogP contribution in [0.3, 0.4) is 0 Å². The van der Waals surface area contributed by atoms with Crippen LogP contribution in [0.25, 0.3) is 0 Å². The van der Waals surface area contributed by atoms with E-state index < -0.39 is 15.9 Å². The molecule has 0 heterocycles. The third-order valence-corrected chi connectivity index (χ3v) is 5.36. The van der Waals surface area contributed by atoms with Gasteiger partial charge in [0.2, 0.25) is 15.9 Å². The lowest BCUT2D eigenvalue weighted by atomic mass is 10.3. The summed E-state index contributed by atoms with van der Waals surface area (Å²) in [4.78, 5) is 12.2. The lowest BCUT2D eigenvalue weighted by Gasteiger charge is -2.22. The van der Waals surface area contributed by atoms with Gasteiger partial charge in [-0.3, -0.25) is 9.10 Å². The second kappa shape index (κ2) is 7.74. The number of nitrogens with zero attached hydrogens (tertiary/aromatic N) is 1. The highest BCUT2D eigenvalue weighted by Gasteiger charge is 2.21. The summed E-state index contributed by atoms with van der Waals surface area (Å²) in [6.45, 7) is -0.386. The molecule has 0 radical (unpaired) electrons. The summed E-state index contributed by atoms with van der Waals surface area (Å²) in [5.41, 5.74) is 0.813. The lowest BCUT2D eigenvalue weighted by Crippen LogP contribution is -2.37. The lowest BCUT2D eigenvalue weighted by molar-refractivity contribution is -0.114. The highest BCUT2D eigenvalue weighted by atomic mass is 79.9. The fourth-order valence-corrected chi connectivity index (χ4v) is 3.48. The van der Waals surface area contributed by atoms with Crippen molar-refractivity contribution in [1.82, 2.24) is 0 Å². The van der Waals surface area contributed by atoms with Gasteiger partial charge in [0.1, 0.15) is 6.54 Å². The smallest absolute Gasteiger partial charge is 0.245 e. The first-order chi connectivity index (χ1) is 11.2. The number of nitrogens with one attached hydrogen (secondary N) is 1. The maximum Gasteiger partial charge on any atom is 0.245 e. The molecule has 24 heavy (non-hydrogen) atoms. The van der Waals surface area contributed by atoms with Crippen molar-refractivity contribution in [3.05, 3.63) is 57.0 Å². The maximum absolute atomic E-state index is 12.2. The zero-order chi connectivity index (χ0) is 17.9. The van der Waals surface area contributed by atoms with E-state index in [-0.39, 0.29) is 17.3 Å². The Kier molecular flexibility index (Phi) is 6.14. The molecule has 128 valence electrons. The normalized spacial score (nSPS) is 11.2. The van der Waals surface area contributed by atoms with E-state index in [1.54, 1.807) is 18.2 Å². The molecule has 0 bridgehead atoms. The van der Waals surface area contributed by atoms with Gasteiger partial charge in [-0.05, 0) is 36.4 Å². The molecule has 1 amide bonds. The van der Waals surface area contributed by atoms with Crippen LogP contribution in [0.2, 0.25) is 10.0 Å². The van der Waals surface area contributed by atoms with Crippen LogP contribution in [0.4, 0.5) is 11.4 Å². The first-order valence-corrected chi connectivity index (χ1v) is 10.0. The molecule has 9 heteroatoms. The highest BCUT2D eigenvalue weighted by molar-refractivity contribution is 9.10. The number of rotatable bonds is 5. The molecule has 5 nitrogen and oxygen atoms in total. The number of carbonyl (C=O) groups excluding carboxylic acids is 1. The van der Waals surface area contributed by atoms with Crippen molar-refractivity contribution in [2.75, 3.05) is 22.4 Å². The van der Waals surface area contributed by atoms with Crippen molar-refractivity contribution in [2.45, 2.75) is 0 Å². The van der Waals surface area contributed by atoms with Crippen LogP contribution in [-0.2, 0) is 14.8 Å². The van der Waals surface area contributed by atoms with Crippen LogP contribution >= 0.6 is 39.1 Å². The molecule has 2 rings (SSSR count). The number of hydrogen-bond acceptors (Lipinski definition) is 3. The fourth-order valence-electron chi connectivity index (χ4n) is 1.94. The number of carbonyl (C=O) groups is 1. The Morgan fingerprint density at radius 1 is 1.17 bits per heavy atom. The standard InChI is InChI=1S/C15H13BrCl2N2O3S/c1-24(22,23)20(12-5-6-13(17)14(18)8-12)9-15(21)19-11-4-2-3-10(16)7-11/h2-8H,9H2,1H3,(H,19,21). The number of amides is 1. The molecule has 1 N–H and O–H groups in total. The number of hydrogen-bond donors (Lipinski definition) is 1. The predicted molar refractivity (Wildman–Crippen MR) is 101 cm³/mol.